The van der Waals surface area contributed by atoms with Gasteiger partial charge in [0.2, 0.25) is 0 Å². The maximum absolute atomic E-state index is 9.27. The number of benzene rings is 1. The van der Waals surface area contributed by atoms with Crippen LogP contribution in [0, 0.1) is 28.6 Å². The molecule has 0 aromatic heterocycles. The van der Waals surface area contributed by atoms with Crippen molar-refractivity contribution in [1.29, 1.82) is 5.26 Å². The van der Waals surface area contributed by atoms with Gasteiger partial charge in [0, 0.05) is 38.4 Å². The van der Waals surface area contributed by atoms with Crippen molar-refractivity contribution in [1.82, 2.24) is 4.90 Å². The summed E-state index contributed by atoms with van der Waals surface area (Å²) in [5.74, 6) is 0.865. The zero-order valence-electron chi connectivity index (χ0n) is 18.7. The van der Waals surface area contributed by atoms with Crippen LogP contribution in [-0.2, 0) is 5.41 Å². The molecule has 0 bridgehead atoms. The molecule has 1 aliphatic heterocycles. The van der Waals surface area contributed by atoms with E-state index in [9.17, 15) is 5.26 Å². The molecule has 3 atom stereocenters. The number of piperazine rings is 1. The van der Waals surface area contributed by atoms with Gasteiger partial charge in [-0.3, -0.25) is 4.90 Å². The first-order valence-corrected chi connectivity index (χ1v) is 11.3. The van der Waals surface area contributed by atoms with E-state index in [-0.39, 0.29) is 11.3 Å². The van der Waals surface area contributed by atoms with Crippen molar-refractivity contribution in [2.45, 2.75) is 65.7 Å². The Morgan fingerprint density at radius 2 is 1.79 bits per heavy atom. The molecule has 1 aliphatic carbocycles. The van der Waals surface area contributed by atoms with E-state index in [2.05, 4.69) is 74.8 Å². The van der Waals surface area contributed by atoms with E-state index in [1.807, 2.05) is 0 Å². The van der Waals surface area contributed by atoms with E-state index in [1.165, 1.54) is 24.9 Å². The summed E-state index contributed by atoms with van der Waals surface area (Å²) in [5.41, 5.74) is 3.73. The van der Waals surface area contributed by atoms with Crippen molar-refractivity contribution in [3.8, 4) is 6.07 Å². The van der Waals surface area contributed by atoms with Gasteiger partial charge in [-0.1, -0.05) is 52.8 Å². The van der Waals surface area contributed by atoms with Crippen molar-refractivity contribution in [3.05, 3.63) is 29.8 Å². The highest BCUT2D eigenvalue weighted by Crippen LogP contribution is 2.51. The third-order valence-electron chi connectivity index (χ3n) is 7.65. The third kappa shape index (κ3) is 4.38. The zero-order chi connectivity index (χ0) is 20.4. The molecule has 2 fully saturated rings. The van der Waals surface area contributed by atoms with Gasteiger partial charge in [-0.15, -0.1) is 0 Å². The Hall–Kier alpha value is -1.53. The first kappa shape index (κ1) is 21.2. The Morgan fingerprint density at radius 3 is 2.39 bits per heavy atom. The van der Waals surface area contributed by atoms with Crippen LogP contribution in [-0.4, -0.2) is 37.6 Å². The number of para-hydroxylation sites is 1. The van der Waals surface area contributed by atoms with Crippen LogP contribution in [0.3, 0.4) is 0 Å². The van der Waals surface area contributed by atoms with E-state index in [1.54, 1.807) is 5.56 Å². The second kappa shape index (κ2) is 8.46. The topological polar surface area (TPSA) is 30.3 Å². The number of hydrogen-bond donors (Lipinski definition) is 0. The Labute approximate surface area is 172 Å². The largest absolute Gasteiger partial charge is 0.369 e. The highest BCUT2D eigenvalue weighted by molar-refractivity contribution is 5.57. The highest BCUT2D eigenvalue weighted by Gasteiger charge is 2.43. The van der Waals surface area contributed by atoms with Crippen molar-refractivity contribution in [2.75, 3.05) is 37.6 Å². The highest BCUT2D eigenvalue weighted by atomic mass is 15.3. The van der Waals surface area contributed by atoms with Gasteiger partial charge in [-0.2, -0.15) is 5.26 Å². The van der Waals surface area contributed by atoms with Crippen LogP contribution in [0.2, 0.25) is 0 Å². The maximum atomic E-state index is 9.27. The normalized spacial score (nSPS) is 29.3. The quantitative estimate of drug-likeness (QED) is 0.678. The molecule has 0 radical (unpaired) electrons. The Kier molecular flexibility index (Phi) is 6.40. The predicted octanol–water partition coefficient (Wildman–Crippen LogP) is 5.46. The average molecular weight is 382 g/mol. The first-order valence-electron chi connectivity index (χ1n) is 11.3. The molecule has 1 saturated heterocycles. The number of anilines is 1. The van der Waals surface area contributed by atoms with Crippen molar-refractivity contribution in [2.24, 2.45) is 17.3 Å². The summed E-state index contributed by atoms with van der Waals surface area (Å²) in [7, 11) is 0. The van der Waals surface area contributed by atoms with Gasteiger partial charge in [0.25, 0.3) is 0 Å². The van der Waals surface area contributed by atoms with Crippen LogP contribution in [0.25, 0.3) is 0 Å². The number of nitriles is 1. The second-order valence-electron chi connectivity index (χ2n) is 10.2. The molecule has 2 aliphatic rings. The molecule has 3 nitrogen and oxygen atoms in total. The van der Waals surface area contributed by atoms with E-state index >= 15 is 0 Å². The fraction of sp³-hybridized carbons (Fsp3) is 0.720. The molecule has 3 rings (SSSR count). The second-order valence-corrected chi connectivity index (χ2v) is 10.2. The zero-order valence-corrected chi connectivity index (χ0v) is 18.7. The summed E-state index contributed by atoms with van der Waals surface area (Å²) in [6, 6.07) is 11.6. The van der Waals surface area contributed by atoms with Gasteiger partial charge in [-0.25, -0.2) is 0 Å². The molecule has 1 aromatic carbocycles. The van der Waals surface area contributed by atoms with Gasteiger partial charge in [0.1, 0.15) is 0 Å². The molecule has 28 heavy (non-hydrogen) atoms. The molecule has 0 amide bonds. The Balaban J connectivity index is 1.74. The van der Waals surface area contributed by atoms with E-state index in [0.29, 0.717) is 11.3 Å². The molecule has 3 heteroatoms. The molecule has 154 valence electrons. The van der Waals surface area contributed by atoms with E-state index in [0.717, 1.165) is 39.1 Å². The fourth-order valence-electron chi connectivity index (χ4n) is 5.38. The van der Waals surface area contributed by atoms with Crippen LogP contribution < -0.4 is 4.90 Å². The number of hydrogen-bond acceptors (Lipinski definition) is 3. The molecule has 1 heterocycles. The smallest absolute Gasteiger partial charge is 0.0669 e. The monoisotopic (exact) mass is 381 g/mol. The van der Waals surface area contributed by atoms with E-state index in [4.69, 9.17) is 0 Å². The minimum Gasteiger partial charge on any atom is -0.369 e. The summed E-state index contributed by atoms with van der Waals surface area (Å²) >= 11 is 0. The molecule has 0 spiro atoms. The summed E-state index contributed by atoms with van der Waals surface area (Å²) in [6.07, 6.45) is 4.84. The SMILES string of the molecule is CCC(C#N)CN1CCN(c2ccccc2C2(C)CCC(C)(C)CC2C)CC1. The van der Waals surface area contributed by atoms with Gasteiger partial charge in [0.05, 0.1) is 12.0 Å². The summed E-state index contributed by atoms with van der Waals surface area (Å²) < 4.78 is 0. The predicted molar refractivity (Wildman–Crippen MR) is 119 cm³/mol. The lowest BCUT2D eigenvalue weighted by molar-refractivity contribution is 0.109. The summed E-state index contributed by atoms with van der Waals surface area (Å²) in [4.78, 5) is 5.07. The van der Waals surface area contributed by atoms with Gasteiger partial charge < -0.3 is 4.90 Å². The minimum absolute atomic E-state index is 0.171. The van der Waals surface area contributed by atoms with Crippen LogP contribution in [0.1, 0.15) is 65.9 Å². The lowest BCUT2D eigenvalue weighted by atomic mass is 9.58. The van der Waals surface area contributed by atoms with Crippen molar-refractivity contribution < 1.29 is 0 Å². The first-order chi connectivity index (χ1) is 13.3. The summed E-state index contributed by atoms with van der Waals surface area (Å²) in [6.45, 7) is 17.1. The minimum atomic E-state index is 0.171. The fourth-order valence-corrected chi connectivity index (χ4v) is 5.38. The molecule has 0 N–H and O–H groups in total. The van der Waals surface area contributed by atoms with Gasteiger partial charge in [-0.05, 0) is 54.1 Å². The third-order valence-corrected chi connectivity index (χ3v) is 7.65. The maximum Gasteiger partial charge on any atom is 0.0669 e. The molecular formula is C25H39N3. The Morgan fingerprint density at radius 1 is 1.11 bits per heavy atom. The van der Waals surface area contributed by atoms with Crippen LogP contribution >= 0.6 is 0 Å². The number of nitrogens with zero attached hydrogens (tertiary/aromatic N) is 3. The number of rotatable bonds is 5. The molecular weight excluding hydrogens is 342 g/mol. The Bertz CT molecular complexity index is 696. The standard InChI is InChI=1S/C25H39N3/c1-6-21(18-26)19-27-13-15-28(16-14-27)23-10-8-7-9-22(23)25(5)12-11-24(3,4)17-20(25)2/h7-10,20-21H,6,11-17,19H2,1-5H3. The van der Waals surface area contributed by atoms with Gasteiger partial charge in [0.15, 0.2) is 0 Å². The van der Waals surface area contributed by atoms with Gasteiger partial charge >= 0.3 is 0 Å². The van der Waals surface area contributed by atoms with Crippen LogP contribution in [0.15, 0.2) is 24.3 Å². The van der Waals surface area contributed by atoms with E-state index < -0.39 is 0 Å². The summed E-state index contributed by atoms with van der Waals surface area (Å²) in [5, 5.41) is 9.27. The lowest BCUT2D eigenvalue weighted by Crippen LogP contribution is -2.49. The van der Waals surface area contributed by atoms with Crippen molar-refractivity contribution >= 4 is 5.69 Å². The molecule has 1 saturated carbocycles. The van der Waals surface area contributed by atoms with Crippen molar-refractivity contribution in [3.63, 3.8) is 0 Å². The molecule has 3 unspecified atom stereocenters. The van der Waals surface area contributed by atoms with Crippen LogP contribution in [0.4, 0.5) is 5.69 Å². The molecule has 1 aromatic rings. The average Bonchev–Trinajstić information content (AvgIpc) is 2.69. The van der Waals surface area contributed by atoms with Crippen LogP contribution in [0.5, 0.6) is 0 Å². The lowest BCUT2D eigenvalue weighted by Gasteiger charge is -2.48.